The second-order valence-electron chi connectivity index (χ2n) is 6.99. The van der Waals surface area contributed by atoms with E-state index >= 15 is 0 Å². The van der Waals surface area contributed by atoms with E-state index in [0.29, 0.717) is 42.4 Å². The third kappa shape index (κ3) is 7.14. The number of carbonyl (C=O) groups is 2. The summed E-state index contributed by atoms with van der Waals surface area (Å²) in [5.74, 6) is 0.929. The molecule has 6 heteroatoms. The predicted octanol–water partition coefficient (Wildman–Crippen LogP) is 4.19. The van der Waals surface area contributed by atoms with Gasteiger partial charge >= 0.3 is 0 Å². The second-order valence-corrected chi connectivity index (χ2v) is 6.99. The van der Waals surface area contributed by atoms with Gasteiger partial charge in [-0.05, 0) is 63.1 Å². The van der Waals surface area contributed by atoms with Crippen LogP contribution < -0.4 is 20.1 Å². The van der Waals surface area contributed by atoms with Crippen LogP contribution in [0.2, 0.25) is 0 Å². The lowest BCUT2D eigenvalue weighted by molar-refractivity contribution is -0.120. The molecule has 2 N–H and O–H groups in total. The number of hydrogen-bond acceptors (Lipinski definition) is 4. The SMILES string of the molecule is CCCOc1ccc(C(=O)Nc2ccc(CC(=O)NC(C)C)cc2)cc1OCC. The molecule has 0 unspecified atom stereocenters. The first-order chi connectivity index (χ1) is 13.9. The fourth-order valence-electron chi connectivity index (χ4n) is 2.72. The maximum atomic E-state index is 12.6. The highest BCUT2D eigenvalue weighted by Gasteiger charge is 2.12. The van der Waals surface area contributed by atoms with Gasteiger partial charge in [0.05, 0.1) is 19.6 Å². The minimum atomic E-state index is -0.238. The number of benzene rings is 2. The van der Waals surface area contributed by atoms with E-state index in [4.69, 9.17) is 9.47 Å². The Morgan fingerprint density at radius 3 is 2.31 bits per heavy atom. The van der Waals surface area contributed by atoms with Gasteiger partial charge in [-0.1, -0.05) is 19.1 Å². The Morgan fingerprint density at radius 1 is 0.966 bits per heavy atom. The van der Waals surface area contributed by atoms with Crippen LogP contribution in [0.15, 0.2) is 42.5 Å². The van der Waals surface area contributed by atoms with E-state index in [-0.39, 0.29) is 17.9 Å². The first kappa shape index (κ1) is 22.3. The van der Waals surface area contributed by atoms with E-state index in [1.807, 2.05) is 39.8 Å². The van der Waals surface area contributed by atoms with E-state index in [1.165, 1.54) is 0 Å². The molecule has 2 amide bonds. The highest BCUT2D eigenvalue weighted by atomic mass is 16.5. The number of hydrogen-bond donors (Lipinski definition) is 2. The number of carbonyl (C=O) groups excluding carboxylic acids is 2. The van der Waals surface area contributed by atoms with Crippen LogP contribution in [-0.4, -0.2) is 31.1 Å². The normalized spacial score (nSPS) is 10.5. The van der Waals surface area contributed by atoms with Crippen LogP contribution in [0, 0.1) is 0 Å². The van der Waals surface area contributed by atoms with Crippen LogP contribution in [-0.2, 0) is 11.2 Å². The smallest absolute Gasteiger partial charge is 0.255 e. The summed E-state index contributed by atoms with van der Waals surface area (Å²) in [4.78, 5) is 24.5. The standard InChI is InChI=1S/C23H30N2O4/c1-5-13-29-20-12-9-18(15-21(20)28-6-2)23(27)25-19-10-7-17(8-11-19)14-22(26)24-16(3)4/h7-12,15-16H,5-6,13-14H2,1-4H3,(H,24,26)(H,25,27). The van der Waals surface area contributed by atoms with E-state index < -0.39 is 0 Å². The van der Waals surface area contributed by atoms with Crippen molar-refractivity contribution >= 4 is 17.5 Å². The maximum Gasteiger partial charge on any atom is 0.255 e. The Balaban J connectivity index is 2.03. The average Bonchev–Trinajstić information content (AvgIpc) is 2.68. The van der Waals surface area contributed by atoms with Crippen molar-refractivity contribution in [2.75, 3.05) is 18.5 Å². The minimum absolute atomic E-state index is 0.0226. The van der Waals surface area contributed by atoms with Gasteiger partial charge in [0.25, 0.3) is 5.91 Å². The summed E-state index contributed by atoms with van der Waals surface area (Å²) in [7, 11) is 0. The van der Waals surface area contributed by atoms with Gasteiger partial charge < -0.3 is 20.1 Å². The number of rotatable bonds is 10. The van der Waals surface area contributed by atoms with Crippen LogP contribution >= 0.6 is 0 Å². The molecular weight excluding hydrogens is 368 g/mol. The molecular formula is C23H30N2O4. The molecule has 0 aliphatic heterocycles. The fourth-order valence-corrected chi connectivity index (χ4v) is 2.72. The first-order valence-corrected chi connectivity index (χ1v) is 10.0. The molecule has 29 heavy (non-hydrogen) atoms. The van der Waals surface area contributed by atoms with Crippen molar-refractivity contribution < 1.29 is 19.1 Å². The van der Waals surface area contributed by atoms with E-state index in [2.05, 4.69) is 10.6 Å². The zero-order valence-electron chi connectivity index (χ0n) is 17.6. The molecule has 6 nitrogen and oxygen atoms in total. The van der Waals surface area contributed by atoms with Gasteiger partial charge in [0.15, 0.2) is 11.5 Å². The molecule has 0 aliphatic rings. The molecule has 0 heterocycles. The molecule has 0 radical (unpaired) electrons. The van der Waals surface area contributed by atoms with E-state index in [1.54, 1.807) is 30.3 Å². The molecule has 0 aromatic heterocycles. The van der Waals surface area contributed by atoms with Crippen molar-refractivity contribution in [1.29, 1.82) is 0 Å². The highest BCUT2D eigenvalue weighted by Crippen LogP contribution is 2.29. The lowest BCUT2D eigenvalue weighted by Crippen LogP contribution is -2.31. The Kier molecular flexibility index (Phi) is 8.52. The Hall–Kier alpha value is -3.02. The summed E-state index contributed by atoms with van der Waals surface area (Å²) in [6.45, 7) is 8.85. The summed E-state index contributed by atoms with van der Waals surface area (Å²) in [5.41, 5.74) is 2.03. The van der Waals surface area contributed by atoms with E-state index in [0.717, 1.165) is 12.0 Å². The van der Waals surface area contributed by atoms with Gasteiger partial charge in [0, 0.05) is 17.3 Å². The van der Waals surface area contributed by atoms with Crippen molar-refractivity contribution in [3.8, 4) is 11.5 Å². The molecule has 0 aliphatic carbocycles. The highest BCUT2D eigenvalue weighted by molar-refractivity contribution is 6.04. The third-order valence-electron chi connectivity index (χ3n) is 3.99. The monoisotopic (exact) mass is 398 g/mol. The lowest BCUT2D eigenvalue weighted by Gasteiger charge is -2.13. The van der Waals surface area contributed by atoms with Crippen LogP contribution in [0.3, 0.4) is 0 Å². The second kappa shape index (κ2) is 11.1. The average molecular weight is 399 g/mol. The van der Waals surface area contributed by atoms with Gasteiger partial charge in [0.1, 0.15) is 0 Å². The number of amides is 2. The first-order valence-electron chi connectivity index (χ1n) is 10.0. The largest absolute Gasteiger partial charge is 0.490 e. The zero-order chi connectivity index (χ0) is 21.2. The zero-order valence-corrected chi connectivity index (χ0v) is 17.6. The van der Waals surface area contributed by atoms with Gasteiger partial charge in [-0.25, -0.2) is 0 Å². The van der Waals surface area contributed by atoms with Gasteiger partial charge in [0.2, 0.25) is 5.91 Å². The Morgan fingerprint density at radius 2 is 1.69 bits per heavy atom. The van der Waals surface area contributed by atoms with Crippen molar-refractivity contribution in [3.63, 3.8) is 0 Å². The molecule has 2 aromatic carbocycles. The molecule has 0 bridgehead atoms. The van der Waals surface area contributed by atoms with Crippen LogP contribution in [0.5, 0.6) is 11.5 Å². The molecule has 0 saturated heterocycles. The number of ether oxygens (including phenoxy) is 2. The quantitative estimate of drug-likeness (QED) is 0.629. The van der Waals surface area contributed by atoms with Crippen LogP contribution in [0.25, 0.3) is 0 Å². The fraction of sp³-hybridized carbons (Fsp3) is 0.391. The summed E-state index contributed by atoms with van der Waals surface area (Å²) >= 11 is 0. The van der Waals surface area contributed by atoms with Crippen molar-refractivity contribution in [1.82, 2.24) is 5.32 Å². The summed E-state index contributed by atoms with van der Waals surface area (Å²) in [6.07, 6.45) is 1.20. The topological polar surface area (TPSA) is 76.7 Å². The number of nitrogens with one attached hydrogen (secondary N) is 2. The van der Waals surface area contributed by atoms with Crippen molar-refractivity contribution in [3.05, 3.63) is 53.6 Å². The molecule has 156 valence electrons. The van der Waals surface area contributed by atoms with Crippen molar-refractivity contribution in [2.45, 2.75) is 46.6 Å². The molecule has 0 spiro atoms. The summed E-state index contributed by atoms with van der Waals surface area (Å²) < 4.78 is 11.3. The lowest BCUT2D eigenvalue weighted by atomic mass is 10.1. The minimum Gasteiger partial charge on any atom is -0.490 e. The summed E-state index contributed by atoms with van der Waals surface area (Å²) in [6, 6.07) is 12.5. The molecule has 0 atom stereocenters. The van der Waals surface area contributed by atoms with Crippen molar-refractivity contribution in [2.24, 2.45) is 0 Å². The molecule has 2 rings (SSSR count). The molecule has 0 fully saturated rings. The number of anilines is 1. The third-order valence-corrected chi connectivity index (χ3v) is 3.99. The molecule has 0 saturated carbocycles. The van der Waals surface area contributed by atoms with Gasteiger partial charge in [-0.2, -0.15) is 0 Å². The molecule has 2 aromatic rings. The maximum absolute atomic E-state index is 12.6. The van der Waals surface area contributed by atoms with Crippen LogP contribution in [0.1, 0.15) is 50.0 Å². The van der Waals surface area contributed by atoms with E-state index in [9.17, 15) is 9.59 Å². The predicted molar refractivity (Wildman–Crippen MR) is 115 cm³/mol. The van der Waals surface area contributed by atoms with Gasteiger partial charge in [-0.15, -0.1) is 0 Å². The van der Waals surface area contributed by atoms with Gasteiger partial charge in [-0.3, -0.25) is 9.59 Å². The van der Waals surface area contributed by atoms with Crippen LogP contribution in [0.4, 0.5) is 5.69 Å². The Labute approximate surface area is 172 Å². The summed E-state index contributed by atoms with van der Waals surface area (Å²) in [5, 5.41) is 5.73. The Bertz CT molecular complexity index is 816.